The number of nitrogens with one attached hydrogen (secondary N) is 1. The maximum Gasteiger partial charge on any atom is 0.408 e. The van der Waals surface area contributed by atoms with E-state index in [-0.39, 0.29) is 26.1 Å². The maximum absolute atomic E-state index is 12.4. The molecule has 32 heavy (non-hydrogen) atoms. The van der Waals surface area contributed by atoms with Crippen LogP contribution >= 0.6 is 0 Å². The Morgan fingerprint density at radius 1 is 1.12 bits per heavy atom. The van der Waals surface area contributed by atoms with Crippen molar-refractivity contribution in [3.05, 3.63) is 0 Å². The summed E-state index contributed by atoms with van der Waals surface area (Å²) in [6.45, 7) is 11.4. The molecule has 2 aliphatic heterocycles. The molecule has 1 amide bonds. The molecule has 2 fully saturated rings. The zero-order valence-electron chi connectivity index (χ0n) is 19.8. The highest BCUT2D eigenvalue weighted by molar-refractivity contribution is 5.81. The Labute approximate surface area is 188 Å². The summed E-state index contributed by atoms with van der Waals surface area (Å²) >= 11 is 0. The molecule has 0 spiro atoms. The van der Waals surface area contributed by atoms with Crippen molar-refractivity contribution in [1.82, 2.24) is 5.32 Å². The van der Waals surface area contributed by atoms with Crippen LogP contribution in [0.15, 0.2) is 0 Å². The molecule has 0 aromatic rings. The number of ether oxygens (including phenoxy) is 6. The maximum atomic E-state index is 12.4. The fraction of sp³-hybridized carbons (Fsp3) is 0.857. The smallest absolute Gasteiger partial charge is 0.408 e. The average molecular weight is 462 g/mol. The zero-order chi connectivity index (χ0) is 24.3. The Kier molecular flexibility index (Phi) is 8.14. The van der Waals surface area contributed by atoms with Crippen molar-refractivity contribution in [3.63, 3.8) is 0 Å². The van der Waals surface area contributed by atoms with Crippen LogP contribution in [0.4, 0.5) is 4.79 Å². The lowest BCUT2D eigenvalue weighted by atomic mass is 9.98. The SMILES string of the molecule is CCOC(=O)[C@H](CCC1(O)O[C@H](COC(C)=O)[C@H]2OC(C)(C)O[C@H]21)NC(=O)OC(C)(C)C. The number of hydrogen-bond acceptors (Lipinski definition) is 10. The second kappa shape index (κ2) is 9.90. The summed E-state index contributed by atoms with van der Waals surface area (Å²) in [5.41, 5.74) is -0.756. The number of aliphatic hydroxyl groups is 1. The minimum atomic E-state index is -1.84. The van der Waals surface area contributed by atoms with Crippen molar-refractivity contribution in [3.8, 4) is 0 Å². The van der Waals surface area contributed by atoms with Gasteiger partial charge in [-0.15, -0.1) is 0 Å². The van der Waals surface area contributed by atoms with E-state index in [4.69, 9.17) is 28.4 Å². The van der Waals surface area contributed by atoms with Gasteiger partial charge < -0.3 is 38.8 Å². The largest absolute Gasteiger partial charge is 0.464 e. The van der Waals surface area contributed by atoms with E-state index >= 15 is 0 Å². The van der Waals surface area contributed by atoms with Gasteiger partial charge in [0.1, 0.15) is 36.6 Å². The van der Waals surface area contributed by atoms with E-state index in [0.717, 1.165) is 0 Å². The molecule has 5 atom stereocenters. The molecule has 2 N–H and O–H groups in total. The third-order valence-electron chi connectivity index (χ3n) is 4.80. The number of hydrogen-bond donors (Lipinski definition) is 2. The highest BCUT2D eigenvalue weighted by Crippen LogP contribution is 2.45. The van der Waals surface area contributed by atoms with Gasteiger partial charge in [-0.25, -0.2) is 9.59 Å². The quantitative estimate of drug-likeness (QED) is 0.403. The summed E-state index contributed by atoms with van der Waals surface area (Å²) in [5, 5.41) is 13.7. The molecule has 184 valence electrons. The van der Waals surface area contributed by atoms with Gasteiger partial charge in [0.15, 0.2) is 11.6 Å². The molecule has 2 rings (SSSR count). The number of amides is 1. The third-order valence-corrected chi connectivity index (χ3v) is 4.80. The molecule has 0 bridgehead atoms. The molecule has 0 saturated carbocycles. The van der Waals surface area contributed by atoms with Gasteiger partial charge in [0, 0.05) is 13.3 Å². The summed E-state index contributed by atoms with van der Waals surface area (Å²) in [7, 11) is 0. The van der Waals surface area contributed by atoms with E-state index in [2.05, 4.69) is 5.32 Å². The van der Waals surface area contributed by atoms with Crippen LogP contribution in [-0.4, -0.2) is 77.9 Å². The molecule has 0 radical (unpaired) electrons. The topological polar surface area (TPSA) is 139 Å². The van der Waals surface area contributed by atoms with Gasteiger partial charge in [0.25, 0.3) is 0 Å². The van der Waals surface area contributed by atoms with Crippen LogP contribution < -0.4 is 5.32 Å². The van der Waals surface area contributed by atoms with Crippen LogP contribution in [0.25, 0.3) is 0 Å². The lowest BCUT2D eigenvalue weighted by molar-refractivity contribution is -0.279. The van der Waals surface area contributed by atoms with E-state index in [0.29, 0.717) is 0 Å². The molecule has 2 heterocycles. The first-order valence-corrected chi connectivity index (χ1v) is 10.7. The molecular weight excluding hydrogens is 426 g/mol. The van der Waals surface area contributed by atoms with Crippen molar-refractivity contribution in [2.24, 2.45) is 0 Å². The summed E-state index contributed by atoms with van der Waals surface area (Å²) in [6.07, 6.45) is -3.25. The van der Waals surface area contributed by atoms with Crippen LogP contribution in [-0.2, 0) is 38.0 Å². The normalized spacial score (nSPS) is 29.7. The Balaban J connectivity index is 2.12. The van der Waals surface area contributed by atoms with Gasteiger partial charge in [0.05, 0.1) is 6.61 Å². The first kappa shape index (κ1) is 26.3. The first-order chi connectivity index (χ1) is 14.7. The highest BCUT2D eigenvalue weighted by Gasteiger charge is 2.62. The Bertz CT molecular complexity index is 703. The monoisotopic (exact) mass is 461 g/mol. The number of alkyl carbamates (subject to hydrolysis) is 1. The van der Waals surface area contributed by atoms with Gasteiger partial charge in [-0.3, -0.25) is 4.79 Å². The van der Waals surface area contributed by atoms with Crippen molar-refractivity contribution < 1.29 is 47.9 Å². The number of carbonyl (C=O) groups excluding carboxylic acids is 3. The molecule has 1 unspecified atom stereocenters. The fourth-order valence-corrected chi connectivity index (χ4v) is 3.63. The Morgan fingerprint density at radius 2 is 1.78 bits per heavy atom. The summed E-state index contributed by atoms with van der Waals surface area (Å²) < 4.78 is 32.8. The van der Waals surface area contributed by atoms with E-state index in [1.165, 1.54) is 6.92 Å². The van der Waals surface area contributed by atoms with Crippen LogP contribution in [0, 0.1) is 0 Å². The molecule has 2 saturated heterocycles. The third kappa shape index (κ3) is 7.03. The number of fused-ring (bicyclic) bond motifs is 1. The number of carbonyl (C=O) groups is 3. The molecule has 11 nitrogen and oxygen atoms in total. The van der Waals surface area contributed by atoms with Crippen LogP contribution in [0.5, 0.6) is 0 Å². The highest BCUT2D eigenvalue weighted by atomic mass is 16.8. The van der Waals surface area contributed by atoms with Gasteiger partial charge >= 0.3 is 18.0 Å². The molecule has 0 aromatic heterocycles. The van der Waals surface area contributed by atoms with Crippen LogP contribution in [0.2, 0.25) is 0 Å². The Morgan fingerprint density at radius 3 is 2.34 bits per heavy atom. The minimum absolute atomic E-state index is 0.0259. The van der Waals surface area contributed by atoms with Gasteiger partial charge in [-0.2, -0.15) is 0 Å². The van der Waals surface area contributed by atoms with Crippen LogP contribution in [0.1, 0.15) is 61.3 Å². The van der Waals surface area contributed by atoms with E-state index in [1.807, 2.05) is 0 Å². The van der Waals surface area contributed by atoms with E-state index in [9.17, 15) is 19.5 Å². The van der Waals surface area contributed by atoms with Crippen molar-refractivity contribution in [1.29, 1.82) is 0 Å². The molecule has 0 aromatic carbocycles. The summed E-state index contributed by atoms with van der Waals surface area (Å²) in [5.74, 6) is -4.00. The molecule has 11 heteroatoms. The van der Waals surface area contributed by atoms with Gasteiger partial charge in [-0.1, -0.05) is 0 Å². The van der Waals surface area contributed by atoms with E-state index < -0.39 is 59.6 Å². The predicted molar refractivity (Wildman–Crippen MR) is 109 cm³/mol. The predicted octanol–water partition coefficient (Wildman–Crippen LogP) is 1.39. The molecule has 0 aliphatic carbocycles. The summed E-state index contributed by atoms with van der Waals surface area (Å²) in [6, 6.07) is -1.08. The zero-order valence-corrected chi connectivity index (χ0v) is 19.8. The Hall–Kier alpha value is -1.95. The average Bonchev–Trinajstić information content (AvgIpc) is 3.08. The number of esters is 2. The molecular formula is C21H35NO10. The first-order valence-electron chi connectivity index (χ1n) is 10.7. The van der Waals surface area contributed by atoms with Crippen molar-refractivity contribution in [2.75, 3.05) is 13.2 Å². The van der Waals surface area contributed by atoms with Crippen molar-refractivity contribution in [2.45, 2.75) is 103 Å². The lowest BCUT2D eigenvalue weighted by Gasteiger charge is -2.31. The standard InChI is InChI=1S/C21H35NO10/c1-8-27-17(24)13(22-18(25)32-19(3,4)5)9-10-21(26)16-15(30-20(6,7)31-16)14(29-21)11-28-12(2)23/h13-16,26H,8-11H2,1-7H3,(H,22,25)/t13-,14+,15+,16+,21?/m0/s1. The molecule has 2 aliphatic rings. The van der Waals surface area contributed by atoms with Crippen molar-refractivity contribution >= 4 is 18.0 Å². The van der Waals surface area contributed by atoms with E-state index in [1.54, 1.807) is 41.5 Å². The minimum Gasteiger partial charge on any atom is -0.464 e. The second-order valence-corrected chi connectivity index (χ2v) is 9.31. The fourth-order valence-electron chi connectivity index (χ4n) is 3.63. The van der Waals surface area contributed by atoms with Gasteiger partial charge in [0.2, 0.25) is 0 Å². The second-order valence-electron chi connectivity index (χ2n) is 9.31. The lowest BCUT2D eigenvalue weighted by Crippen LogP contribution is -2.48. The summed E-state index contributed by atoms with van der Waals surface area (Å²) in [4.78, 5) is 35.8. The number of rotatable bonds is 8. The van der Waals surface area contributed by atoms with Crippen LogP contribution in [0.3, 0.4) is 0 Å². The van der Waals surface area contributed by atoms with Gasteiger partial charge in [-0.05, 0) is 48.0 Å².